The number of aromatic nitrogens is 3. The van der Waals surface area contributed by atoms with Crippen LogP contribution in [0.5, 0.6) is 0 Å². The molecule has 0 saturated carbocycles. The van der Waals surface area contributed by atoms with Gasteiger partial charge in [-0.15, -0.1) is 21.5 Å². The number of rotatable bonds is 4. The van der Waals surface area contributed by atoms with Crippen LogP contribution >= 0.6 is 27.3 Å². The molecule has 0 saturated heterocycles. The zero-order chi connectivity index (χ0) is 13.2. The van der Waals surface area contributed by atoms with Gasteiger partial charge in [0.2, 0.25) is 0 Å². The lowest BCUT2D eigenvalue weighted by atomic mass is 10.1. The normalized spacial score (nSPS) is 16.3. The Morgan fingerprint density at radius 1 is 1.47 bits per heavy atom. The van der Waals surface area contributed by atoms with E-state index in [-0.39, 0.29) is 6.04 Å². The van der Waals surface area contributed by atoms with Crippen molar-refractivity contribution in [3.63, 3.8) is 0 Å². The quantitative estimate of drug-likeness (QED) is 0.928. The Bertz CT molecular complexity index is 563. The fraction of sp³-hybridized carbons (Fsp3) is 0.538. The first-order valence-electron chi connectivity index (χ1n) is 6.62. The molecule has 2 aromatic rings. The van der Waals surface area contributed by atoms with Crippen LogP contribution in [0.2, 0.25) is 0 Å². The Morgan fingerprint density at radius 2 is 2.37 bits per heavy atom. The molecule has 1 aliphatic heterocycles. The van der Waals surface area contributed by atoms with Gasteiger partial charge in [-0.25, -0.2) is 0 Å². The van der Waals surface area contributed by atoms with Crippen molar-refractivity contribution in [3.05, 3.63) is 32.4 Å². The minimum absolute atomic E-state index is 0.234. The van der Waals surface area contributed by atoms with Gasteiger partial charge in [-0.1, -0.05) is 0 Å². The Kier molecular flexibility index (Phi) is 4.00. The molecule has 2 aromatic heterocycles. The summed E-state index contributed by atoms with van der Waals surface area (Å²) in [5, 5.41) is 14.4. The molecule has 1 N–H and O–H groups in total. The number of thiophene rings is 1. The molecule has 0 amide bonds. The van der Waals surface area contributed by atoms with Crippen molar-refractivity contribution in [1.29, 1.82) is 0 Å². The Hall–Kier alpha value is -0.720. The number of fused-ring (bicyclic) bond motifs is 1. The second-order valence-corrected chi connectivity index (χ2v) is 7.24. The smallest absolute Gasteiger partial charge is 0.149 e. The number of hydrogen-bond acceptors (Lipinski definition) is 4. The van der Waals surface area contributed by atoms with Gasteiger partial charge in [-0.2, -0.15) is 0 Å². The number of nitrogens with zero attached hydrogens (tertiary/aromatic N) is 3. The topological polar surface area (TPSA) is 42.7 Å². The molecule has 0 unspecified atom stereocenters. The maximum atomic E-state index is 4.36. The zero-order valence-corrected chi connectivity index (χ0v) is 13.3. The van der Waals surface area contributed by atoms with Crippen molar-refractivity contribution in [2.75, 3.05) is 0 Å². The average Bonchev–Trinajstić information content (AvgIpc) is 3.02. The standard InChI is InChI=1S/C13H17BrN4S/c1-9(15-7-10-6-11(14)19-8-10)13-17-16-12-4-2-3-5-18(12)13/h6,8-9,15H,2-5,7H2,1H3/t9-/m0/s1. The molecule has 0 aromatic carbocycles. The van der Waals surface area contributed by atoms with Gasteiger partial charge < -0.3 is 9.88 Å². The van der Waals surface area contributed by atoms with Crippen LogP contribution in [0.3, 0.4) is 0 Å². The van der Waals surface area contributed by atoms with Gasteiger partial charge in [0.1, 0.15) is 11.6 Å². The zero-order valence-electron chi connectivity index (χ0n) is 10.9. The summed E-state index contributed by atoms with van der Waals surface area (Å²) in [7, 11) is 0. The van der Waals surface area contributed by atoms with E-state index in [1.807, 2.05) is 0 Å². The van der Waals surface area contributed by atoms with E-state index in [0.717, 1.165) is 31.2 Å². The maximum absolute atomic E-state index is 4.36. The summed E-state index contributed by atoms with van der Waals surface area (Å²) >= 11 is 5.21. The van der Waals surface area contributed by atoms with Crippen LogP contribution in [0.1, 0.15) is 43.0 Å². The Labute approximate surface area is 125 Å². The molecule has 19 heavy (non-hydrogen) atoms. The third kappa shape index (κ3) is 2.90. The highest BCUT2D eigenvalue weighted by molar-refractivity contribution is 9.11. The monoisotopic (exact) mass is 340 g/mol. The molecule has 1 aliphatic rings. The fourth-order valence-electron chi connectivity index (χ4n) is 2.45. The lowest BCUT2D eigenvalue weighted by Crippen LogP contribution is -2.23. The molecule has 0 radical (unpaired) electrons. The Morgan fingerprint density at radius 3 is 3.16 bits per heavy atom. The predicted octanol–water partition coefficient (Wildman–Crippen LogP) is 3.29. The number of hydrogen-bond donors (Lipinski definition) is 1. The summed E-state index contributed by atoms with van der Waals surface area (Å²) < 4.78 is 3.46. The lowest BCUT2D eigenvalue weighted by molar-refractivity contribution is 0.465. The highest BCUT2D eigenvalue weighted by atomic mass is 79.9. The minimum Gasteiger partial charge on any atom is -0.314 e. The van der Waals surface area contributed by atoms with Crippen LogP contribution < -0.4 is 5.32 Å². The van der Waals surface area contributed by atoms with E-state index in [0.29, 0.717) is 0 Å². The van der Waals surface area contributed by atoms with Crippen molar-refractivity contribution in [1.82, 2.24) is 20.1 Å². The second-order valence-electron chi connectivity index (χ2n) is 4.94. The van der Waals surface area contributed by atoms with Gasteiger partial charge in [0.25, 0.3) is 0 Å². The van der Waals surface area contributed by atoms with Crippen molar-refractivity contribution in [3.8, 4) is 0 Å². The van der Waals surface area contributed by atoms with Crippen molar-refractivity contribution in [2.24, 2.45) is 0 Å². The summed E-state index contributed by atoms with van der Waals surface area (Å²) in [6.45, 7) is 4.09. The lowest BCUT2D eigenvalue weighted by Gasteiger charge is -2.18. The molecule has 0 fully saturated rings. The van der Waals surface area contributed by atoms with Crippen molar-refractivity contribution < 1.29 is 0 Å². The van der Waals surface area contributed by atoms with Gasteiger partial charge in [-0.05, 0) is 52.7 Å². The van der Waals surface area contributed by atoms with E-state index in [9.17, 15) is 0 Å². The largest absolute Gasteiger partial charge is 0.314 e. The fourth-order valence-corrected chi connectivity index (χ4v) is 3.66. The number of nitrogens with one attached hydrogen (secondary N) is 1. The van der Waals surface area contributed by atoms with Crippen LogP contribution in [0.15, 0.2) is 15.2 Å². The molecular formula is C13H17BrN4S. The predicted molar refractivity (Wildman–Crippen MR) is 80.2 cm³/mol. The summed E-state index contributed by atoms with van der Waals surface area (Å²) in [5.74, 6) is 2.22. The molecular weight excluding hydrogens is 324 g/mol. The first kappa shape index (κ1) is 13.3. The first-order valence-corrected chi connectivity index (χ1v) is 8.29. The first-order chi connectivity index (χ1) is 9.24. The van der Waals surface area contributed by atoms with E-state index < -0.39 is 0 Å². The van der Waals surface area contributed by atoms with Crippen LogP contribution in [0.4, 0.5) is 0 Å². The van der Waals surface area contributed by atoms with Gasteiger partial charge >= 0.3 is 0 Å². The molecule has 0 bridgehead atoms. The van der Waals surface area contributed by atoms with Crippen LogP contribution in [0.25, 0.3) is 0 Å². The third-order valence-corrected chi connectivity index (χ3v) is 5.06. The molecule has 6 heteroatoms. The van der Waals surface area contributed by atoms with Gasteiger partial charge in [0.15, 0.2) is 0 Å². The van der Waals surface area contributed by atoms with E-state index in [1.54, 1.807) is 11.3 Å². The molecule has 3 heterocycles. The van der Waals surface area contributed by atoms with Crippen LogP contribution in [-0.4, -0.2) is 14.8 Å². The third-order valence-electron chi connectivity index (χ3n) is 3.51. The molecule has 4 nitrogen and oxygen atoms in total. The molecule has 3 rings (SSSR count). The van der Waals surface area contributed by atoms with Gasteiger partial charge in [0.05, 0.1) is 9.83 Å². The van der Waals surface area contributed by atoms with Crippen molar-refractivity contribution >= 4 is 27.3 Å². The van der Waals surface area contributed by atoms with Crippen LogP contribution in [-0.2, 0) is 19.5 Å². The number of halogens is 1. The summed E-state index contributed by atoms with van der Waals surface area (Å²) in [6.07, 6.45) is 3.54. The average molecular weight is 341 g/mol. The molecule has 1 atom stereocenters. The highest BCUT2D eigenvalue weighted by Crippen LogP contribution is 2.22. The summed E-state index contributed by atoms with van der Waals surface area (Å²) in [6, 6.07) is 2.39. The molecule has 102 valence electrons. The minimum atomic E-state index is 0.234. The van der Waals surface area contributed by atoms with Gasteiger partial charge in [0, 0.05) is 19.5 Å². The summed E-state index contributed by atoms with van der Waals surface area (Å²) in [4.78, 5) is 0. The maximum Gasteiger partial charge on any atom is 0.149 e. The van der Waals surface area contributed by atoms with Crippen LogP contribution in [0, 0.1) is 0 Å². The Balaban J connectivity index is 1.67. The van der Waals surface area contributed by atoms with Gasteiger partial charge in [-0.3, -0.25) is 0 Å². The van der Waals surface area contributed by atoms with E-state index in [1.165, 1.54) is 22.2 Å². The number of aryl methyl sites for hydroxylation is 1. The molecule has 0 aliphatic carbocycles. The highest BCUT2D eigenvalue weighted by Gasteiger charge is 2.19. The van der Waals surface area contributed by atoms with Crippen molar-refractivity contribution in [2.45, 2.75) is 45.3 Å². The van der Waals surface area contributed by atoms with E-state index in [4.69, 9.17) is 0 Å². The SMILES string of the molecule is C[C@H](NCc1csc(Br)c1)c1nnc2n1CCCC2. The van der Waals surface area contributed by atoms with E-state index in [2.05, 4.69) is 54.4 Å². The second kappa shape index (κ2) is 5.73. The molecule has 0 spiro atoms. The summed E-state index contributed by atoms with van der Waals surface area (Å²) in [5.41, 5.74) is 1.31. The van der Waals surface area contributed by atoms with E-state index >= 15 is 0 Å².